The summed E-state index contributed by atoms with van der Waals surface area (Å²) in [7, 11) is 1.57. The fourth-order valence-electron chi connectivity index (χ4n) is 4.25. The predicted molar refractivity (Wildman–Crippen MR) is 142 cm³/mol. The SMILES string of the molecule is CCOC(=O)c1ccc(NC(=O)C[C@H]2C(=O)N(c3ccc(F)cc3)C(=O)N2CCc2ccc(OC)cc2)cc1. The Labute approximate surface area is 225 Å². The van der Waals surface area contributed by atoms with E-state index in [4.69, 9.17) is 9.47 Å². The van der Waals surface area contributed by atoms with Crippen LogP contribution in [0.25, 0.3) is 0 Å². The number of hydrogen-bond acceptors (Lipinski definition) is 6. The Bertz CT molecular complexity index is 1340. The van der Waals surface area contributed by atoms with Gasteiger partial charge in [-0.1, -0.05) is 12.1 Å². The van der Waals surface area contributed by atoms with E-state index in [0.717, 1.165) is 22.6 Å². The van der Waals surface area contributed by atoms with Crippen molar-refractivity contribution in [3.8, 4) is 5.75 Å². The third-order valence-electron chi connectivity index (χ3n) is 6.26. The molecule has 4 rings (SSSR count). The van der Waals surface area contributed by atoms with Crippen molar-refractivity contribution < 1.29 is 33.0 Å². The highest BCUT2D eigenvalue weighted by molar-refractivity contribution is 6.22. The molecule has 0 saturated carbocycles. The number of anilines is 2. The average Bonchev–Trinajstić information content (AvgIpc) is 3.16. The molecule has 4 amide bonds. The van der Waals surface area contributed by atoms with Gasteiger partial charge >= 0.3 is 12.0 Å². The standard InChI is InChI=1S/C29H28FN3O6/c1-3-39-28(36)20-6-10-22(11-7-20)31-26(34)18-25-27(35)33(23-12-8-21(30)9-13-23)29(37)32(25)17-16-19-4-14-24(38-2)15-5-19/h4-15,25H,3,16-18H2,1-2H3,(H,31,34)/t25-/m0/s1. The predicted octanol–water partition coefficient (Wildman–Crippen LogP) is 4.42. The van der Waals surface area contributed by atoms with Crippen molar-refractivity contribution in [1.29, 1.82) is 0 Å². The Hall–Kier alpha value is -4.73. The van der Waals surface area contributed by atoms with Crippen LogP contribution in [0, 0.1) is 5.82 Å². The number of amides is 4. The molecule has 9 nitrogen and oxygen atoms in total. The summed E-state index contributed by atoms with van der Waals surface area (Å²) in [6.07, 6.45) is 0.151. The van der Waals surface area contributed by atoms with Crippen molar-refractivity contribution in [1.82, 2.24) is 4.90 Å². The highest BCUT2D eigenvalue weighted by Gasteiger charge is 2.46. The van der Waals surface area contributed by atoms with Crippen LogP contribution in [0.5, 0.6) is 5.75 Å². The number of esters is 1. The molecule has 202 valence electrons. The molecule has 1 aliphatic heterocycles. The van der Waals surface area contributed by atoms with Crippen LogP contribution in [0.1, 0.15) is 29.3 Å². The van der Waals surface area contributed by atoms with Crippen LogP contribution in [0.2, 0.25) is 0 Å². The van der Waals surface area contributed by atoms with Crippen LogP contribution in [-0.2, 0) is 20.7 Å². The van der Waals surface area contributed by atoms with Gasteiger partial charge in [0.1, 0.15) is 17.6 Å². The molecule has 1 fully saturated rings. The van der Waals surface area contributed by atoms with E-state index in [-0.39, 0.29) is 25.3 Å². The summed E-state index contributed by atoms with van der Waals surface area (Å²) in [5.74, 6) is -1.34. The van der Waals surface area contributed by atoms with Crippen LogP contribution in [0.15, 0.2) is 72.8 Å². The number of benzene rings is 3. The summed E-state index contributed by atoms with van der Waals surface area (Å²) in [4.78, 5) is 53.9. The highest BCUT2D eigenvalue weighted by Crippen LogP contribution is 2.28. The second-order valence-corrected chi connectivity index (χ2v) is 8.79. The first-order valence-corrected chi connectivity index (χ1v) is 12.4. The number of halogens is 1. The number of nitrogens with one attached hydrogen (secondary N) is 1. The monoisotopic (exact) mass is 533 g/mol. The second kappa shape index (κ2) is 12.2. The molecule has 3 aromatic carbocycles. The lowest BCUT2D eigenvalue weighted by molar-refractivity contribution is -0.124. The fourth-order valence-corrected chi connectivity index (χ4v) is 4.25. The molecule has 39 heavy (non-hydrogen) atoms. The summed E-state index contributed by atoms with van der Waals surface area (Å²) in [5, 5.41) is 2.71. The maximum Gasteiger partial charge on any atom is 0.338 e. The van der Waals surface area contributed by atoms with Gasteiger partial charge in [0.15, 0.2) is 0 Å². The molecule has 0 spiro atoms. The minimum absolute atomic E-state index is 0.181. The van der Waals surface area contributed by atoms with Crippen LogP contribution < -0.4 is 15.0 Å². The second-order valence-electron chi connectivity index (χ2n) is 8.79. The van der Waals surface area contributed by atoms with Gasteiger partial charge < -0.3 is 19.7 Å². The van der Waals surface area contributed by atoms with E-state index in [2.05, 4.69) is 5.32 Å². The molecular weight excluding hydrogens is 505 g/mol. The number of hydrogen-bond donors (Lipinski definition) is 1. The fraction of sp³-hybridized carbons (Fsp3) is 0.241. The minimum Gasteiger partial charge on any atom is -0.497 e. The van der Waals surface area contributed by atoms with Crippen LogP contribution in [0.4, 0.5) is 20.6 Å². The molecule has 0 aliphatic carbocycles. The number of ether oxygens (including phenoxy) is 2. The Morgan fingerprint density at radius 2 is 1.62 bits per heavy atom. The van der Waals surface area contributed by atoms with Gasteiger partial charge in [0.2, 0.25) is 5.91 Å². The van der Waals surface area contributed by atoms with Gasteiger partial charge in [-0.05, 0) is 79.6 Å². The van der Waals surface area contributed by atoms with Crippen molar-refractivity contribution in [2.45, 2.75) is 25.8 Å². The summed E-state index contributed by atoms with van der Waals surface area (Å²) in [6, 6.07) is 16.9. The number of nitrogens with zero attached hydrogens (tertiary/aromatic N) is 2. The number of methoxy groups -OCH3 is 1. The largest absolute Gasteiger partial charge is 0.497 e. The van der Waals surface area contributed by atoms with E-state index in [9.17, 15) is 23.6 Å². The summed E-state index contributed by atoms with van der Waals surface area (Å²) in [6.45, 7) is 2.13. The van der Waals surface area contributed by atoms with Crippen LogP contribution in [-0.4, -0.2) is 55.0 Å². The molecule has 0 aromatic heterocycles. The first-order chi connectivity index (χ1) is 18.8. The zero-order chi connectivity index (χ0) is 27.9. The number of carbonyl (C=O) groups is 4. The van der Waals surface area contributed by atoms with E-state index in [1.807, 2.05) is 12.1 Å². The number of rotatable bonds is 10. The summed E-state index contributed by atoms with van der Waals surface area (Å²) < 4.78 is 23.6. The molecule has 1 aliphatic rings. The van der Waals surface area contributed by atoms with Crippen molar-refractivity contribution >= 4 is 35.2 Å². The molecule has 3 aromatic rings. The zero-order valence-electron chi connectivity index (χ0n) is 21.6. The van der Waals surface area contributed by atoms with Gasteiger partial charge in [0, 0.05) is 12.2 Å². The van der Waals surface area contributed by atoms with Gasteiger partial charge in [0.05, 0.1) is 31.4 Å². The zero-order valence-corrected chi connectivity index (χ0v) is 21.6. The summed E-state index contributed by atoms with van der Waals surface area (Å²) >= 11 is 0. The number of carbonyl (C=O) groups excluding carboxylic acids is 4. The van der Waals surface area contributed by atoms with Crippen LogP contribution in [0.3, 0.4) is 0 Å². The molecule has 0 bridgehead atoms. The molecule has 1 heterocycles. The minimum atomic E-state index is -1.06. The topological polar surface area (TPSA) is 105 Å². The van der Waals surface area contributed by atoms with Crippen molar-refractivity contribution in [3.05, 3.63) is 89.7 Å². The maximum atomic E-state index is 13.5. The molecule has 1 saturated heterocycles. The van der Waals surface area contributed by atoms with E-state index in [0.29, 0.717) is 23.4 Å². The normalized spacial score (nSPS) is 14.9. The third-order valence-corrected chi connectivity index (χ3v) is 6.26. The number of imide groups is 1. The highest BCUT2D eigenvalue weighted by atomic mass is 19.1. The molecule has 1 N–H and O–H groups in total. The Kier molecular flexibility index (Phi) is 8.55. The smallest absolute Gasteiger partial charge is 0.338 e. The third kappa shape index (κ3) is 6.40. The van der Waals surface area contributed by atoms with Gasteiger partial charge in [-0.25, -0.2) is 18.9 Å². The Morgan fingerprint density at radius 3 is 2.23 bits per heavy atom. The van der Waals surface area contributed by atoms with Gasteiger partial charge in [-0.3, -0.25) is 9.59 Å². The van der Waals surface area contributed by atoms with Crippen molar-refractivity contribution in [2.75, 3.05) is 30.5 Å². The van der Waals surface area contributed by atoms with E-state index < -0.39 is 35.7 Å². The molecule has 10 heteroatoms. The Balaban J connectivity index is 1.50. The van der Waals surface area contributed by atoms with Crippen LogP contribution >= 0.6 is 0 Å². The van der Waals surface area contributed by atoms with E-state index >= 15 is 0 Å². The lowest BCUT2D eigenvalue weighted by Gasteiger charge is -2.21. The molecular formula is C29H28FN3O6. The Morgan fingerprint density at radius 1 is 0.949 bits per heavy atom. The molecule has 1 atom stereocenters. The number of urea groups is 1. The van der Waals surface area contributed by atoms with Gasteiger partial charge in [0.25, 0.3) is 5.91 Å². The van der Waals surface area contributed by atoms with E-state index in [1.54, 1.807) is 38.3 Å². The average molecular weight is 534 g/mol. The maximum absolute atomic E-state index is 13.5. The first-order valence-electron chi connectivity index (χ1n) is 12.4. The van der Waals surface area contributed by atoms with Crippen molar-refractivity contribution in [3.63, 3.8) is 0 Å². The first kappa shape index (κ1) is 27.3. The lowest BCUT2D eigenvalue weighted by Crippen LogP contribution is -2.39. The van der Waals surface area contributed by atoms with Gasteiger partial charge in [-0.2, -0.15) is 0 Å². The quantitative estimate of drug-likeness (QED) is 0.306. The summed E-state index contributed by atoms with van der Waals surface area (Å²) in [5.41, 5.74) is 1.90. The van der Waals surface area contributed by atoms with E-state index in [1.165, 1.54) is 29.2 Å². The van der Waals surface area contributed by atoms with Gasteiger partial charge in [-0.15, -0.1) is 0 Å². The molecule has 0 unspecified atom stereocenters. The molecule has 0 radical (unpaired) electrons. The lowest BCUT2D eigenvalue weighted by atomic mass is 10.1. The van der Waals surface area contributed by atoms with Crippen molar-refractivity contribution in [2.24, 2.45) is 0 Å².